The number of carbonyl (C=O) groups is 1. The van der Waals surface area contributed by atoms with Crippen LogP contribution >= 0.6 is 0 Å². The third kappa shape index (κ3) is 2.27. The fourth-order valence-electron chi connectivity index (χ4n) is 3.27. The van der Waals surface area contributed by atoms with Crippen LogP contribution in [-0.2, 0) is 11.3 Å². The third-order valence-corrected chi connectivity index (χ3v) is 4.38. The van der Waals surface area contributed by atoms with Crippen molar-refractivity contribution >= 4 is 22.7 Å². The van der Waals surface area contributed by atoms with Crippen LogP contribution in [0, 0.1) is 5.82 Å². The molecule has 1 aromatic heterocycles. The van der Waals surface area contributed by atoms with Gasteiger partial charge in [-0.25, -0.2) is 14.4 Å². The monoisotopic (exact) mass is 323 g/mol. The van der Waals surface area contributed by atoms with E-state index in [0.29, 0.717) is 23.3 Å². The maximum absolute atomic E-state index is 14.3. The van der Waals surface area contributed by atoms with E-state index >= 15 is 0 Å². The summed E-state index contributed by atoms with van der Waals surface area (Å²) in [6.07, 6.45) is 1.38. The molecule has 0 aliphatic carbocycles. The van der Waals surface area contributed by atoms with Crippen LogP contribution in [0.1, 0.15) is 17.0 Å². The van der Waals surface area contributed by atoms with E-state index in [2.05, 4.69) is 9.97 Å². The number of rotatable bonds is 2. The molecule has 0 fully saturated rings. The Morgan fingerprint density at radius 2 is 2.00 bits per heavy atom. The minimum Gasteiger partial charge on any atom is -0.481 e. The Morgan fingerprint density at radius 1 is 1.17 bits per heavy atom. The number of halogens is 1. The Kier molecular flexibility index (Phi) is 3.37. The summed E-state index contributed by atoms with van der Waals surface area (Å²) in [5, 5.41) is 9.91. The van der Waals surface area contributed by atoms with Gasteiger partial charge in [-0.3, -0.25) is 4.79 Å². The summed E-state index contributed by atoms with van der Waals surface area (Å²) in [4.78, 5) is 21.8. The zero-order valence-corrected chi connectivity index (χ0v) is 12.7. The second-order valence-corrected chi connectivity index (χ2v) is 5.80. The Bertz CT molecular complexity index is 939. The van der Waals surface area contributed by atoms with Crippen molar-refractivity contribution in [3.8, 4) is 0 Å². The van der Waals surface area contributed by atoms with Crippen molar-refractivity contribution in [2.24, 2.45) is 0 Å². The van der Waals surface area contributed by atoms with Crippen molar-refractivity contribution in [2.75, 3.05) is 11.4 Å². The number of carboxylic acid groups (broad SMARTS) is 1. The lowest BCUT2D eigenvalue weighted by atomic mass is 9.89. The van der Waals surface area contributed by atoms with Crippen LogP contribution in [0.5, 0.6) is 0 Å². The van der Waals surface area contributed by atoms with Crippen molar-refractivity contribution in [3.05, 3.63) is 65.7 Å². The molecule has 24 heavy (non-hydrogen) atoms. The summed E-state index contributed by atoms with van der Waals surface area (Å²) < 4.78 is 14.3. The van der Waals surface area contributed by atoms with Gasteiger partial charge in [0.15, 0.2) is 0 Å². The van der Waals surface area contributed by atoms with Gasteiger partial charge in [0, 0.05) is 13.1 Å². The van der Waals surface area contributed by atoms with Crippen LogP contribution in [0.15, 0.2) is 48.8 Å². The van der Waals surface area contributed by atoms with E-state index in [1.165, 1.54) is 12.4 Å². The van der Waals surface area contributed by atoms with Gasteiger partial charge in [0.2, 0.25) is 0 Å². The molecule has 5 nitrogen and oxygen atoms in total. The van der Waals surface area contributed by atoms with E-state index in [-0.39, 0.29) is 6.54 Å². The largest absolute Gasteiger partial charge is 0.481 e. The molecule has 0 radical (unpaired) electrons. The van der Waals surface area contributed by atoms with Crippen LogP contribution < -0.4 is 4.90 Å². The molecule has 6 heteroatoms. The highest BCUT2D eigenvalue weighted by atomic mass is 19.1. The molecule has 2 heterocycles. The molecule has 120 valence electrons. The number of anilines is 1. The third-order valence-electron chi connectivity index (χ3n) is 4.38. The first kappa shape index (κ1) is 14.6. The average Bonchev–Trinajstić information content (AvgIpc) is 2.60. The van der Waals surface area contributed by atoms with E-state index in [9.17, 15) is 14.3 Å². The smallest absolute Gasteiger partial charge is 0.312 e. The lowest BCUT2D eigenvalue weighted by Crippen LogP contribution is -2.37. The van der Waals surface area contributed by atoms with Gasteiger partial charge in [-0.05, 0) is 23.3 Å². The van der Waals surface area contributed by atoms with Gasteiger partial charge in [-0.2, -0.15) is 0 Å². The van der Waals surface area contributed by atoms with Crippen LogP contribution in [-0.4, -0.2) is 27.6 Å². The van der Waals surface area contributed by atoms with Gasteiger partial charge in [0.1, 0.15) is 18.0 Å². The first-order valence-electron chi connectivity index (χ1n) is 7.60. The fraction of sp³-hybridized carbons (Fsp3) is 0.167. The number of carboxylic acids is 1. The topological polar surface area (TPSA) is 66.3 Å². The molecule has 1 atom stereocenters. The summed E-state index contributed by atoms with van der Waals surface area (Å²) in [5.41, 5.74) is 2.23. The molecule has 2 aromatic carbocycles. The molecule has 1 N–H and O–H groups in total. The van der Waals surface area contributed by atoms with E-state index in [4.69, 9.17) is 0 Å². The minimum absolute atomic E-state index is 0.243. The van der Waals surface area contributed by atoms with E-state index in [1.54, 1.807) is 12.1 Å². The van der Waals surface area contributed by atoms with Crippen molar-refractivity contribution < 1.29 is 14.3 Å². The van der Waals surface area contributed by atoms with Gasteiger partial charge in [-0.1, -0.05) is 30.3 Å². The predicted molar refractivity (Wildman–Crippen MR) is 87.4 cm³/mol. The number of nitrogens with zero attached hydrogens (tertiary/aromatic N) is 3. The molecule has 1 aliphatic heterocycles. The summed E-state index contributed by atoms with van der Waals surface area (Å²) in [6.45, 7) is 0.729. The van der Waals surface area contributed by atoms with Gasteiger partial charge < -0.3 is 10.0 Å². The zero-order valence-electron chi connectivity index (χ0n) is 12.7. The highest BCUT2D eigenvalue weighted by Gasteiger charge is 2.31. The highest BCUT2D eigenvalue weighted by molar-refractivity contribution is 5.90. The quantitative estimate of drug-likeness (QED) is 0.785. The van der Waals surface area contributed by atoms with E-state index in [0.717, 1.165) is 11.1 Å². The maximum Gasteiger partial charge on any atom is 0.312 e. The lowest BCUT2D eigenvalue weighted by molar-refractivity contribution is -0.138. The van der Waals surface area contributed by atoms with Crippen LogP contribution in [0.4, 0.5) is 10.2 Å². The normalized spacial score (nSPS) is 16.9. The summed E-state index contributed by atoms with van der Waals surface area (Å²) >= 11 is 0. The number of benzene rings is 2. The lowest BCUT2D eigenvalue weighted by Gasteiger charge is -2.34. The molecule has 4 rings (SSSR count). The Labute approximate surface area is 137 Å². The first-order valence-corrected chi connectivity index (χ1v) is 7.60. The van der Waals surface area contributed by atoms with E-state index in [1.807, 2.05) is 29.2 Å². The van der Waals surface area contributed by atoms with Crippen LogP contribution in [0.3, 0.4) is 0 Å². The first-order chi connectivity index (χ1) is 11.6. The van der Waals surface area contributed by atoms with Crippen LogP contribution in [0.25, 0.3) is 10.9 Å². The molecule has 0 spiro atoms. The Balaban J connectivity index is 1.86. The SMILES string of the molecule is O=C(O)C1CN(c2ncnc3cccc(F)c23)Cc2ccccc21. The molecule has 0 amide bonds. The highest BCUT2D eigenvalue weighted by Crippen LogP contribution is 2.34. The molecular formula is C18H14FN3O2. The van der Waals surface area contributed by atoms with Crippen LogP contribution in [0.2, 0.25) is 0 Å². The fourth-order valence-corrected chi connectivity index (χ4v) is 3.27. The Morgan fingerprint density at radius 3 is 2.83 bits per heavy atom. The number of aromatic nitrogens is 2. The van der Waals surface area contributed by atoms with Gasteiger partial charge in [-0.15, -0.1) is 0 Å². The van der Waals surface area contributed by atoms with Crippen molar-refractivity contribution in [3.63, 3.8) is 0 Å². The van der Waals surface area contributed by atoms with Gasteiger partial charge >= 0.3 is 5.97 Å². The molecule has 0 saturated carbocycles. The van der Waals surface area contributed by atoms with Crippen molar-refractivity contribution in [2.45, 2.75) is 12.5 Å². The summed E-state index contributed by atoms with van der Waals surface area (Å²) in [7, 11) is 0. The molecular weight excluding hydrogens is 309 g/mol. The maximum atomic E-state index is 14.3. The second kappa shape index (κ2) is 5.56. The molecule has 0 bridgehead atoms. The number of hydrogen-bond acceptors (Lipinski definition) is 4. The van der Waals surface area contributed by atoms with Crippen molar-refractivity contribution in [1.82, 2.24) is 9.97 Å². The van der Waals surface area contributed by atoms with Crippen molar-refractivity contribution in [1.29, 1.82) is 0 Å². The molecule has 3 aromatic rings. The van der Waals surface area contributed by atoms with E-state index < -0.39 is 17.7 Å². The standard InChI is InChI=1S/C18H14FN3O2/c19-14-6-3-7-15-16(14)17(21-10-20-15)22-8-11-4-1-2-5-12(11)13(9-22)18(23)24/h1-7,10,13H,8-9H2,(H,23,24). The predicted octanol–water partition coefficient (Wildman–Crippen LogP) is 2.96. The molecule has 1 unspecified atom stereocenters. The summed E-state index contributed by atoms with van der Waals surface area (Å²) in [6, 6.07) is 12.1. The minimum atomic E-state index is -0.897. The Hall–Kier alpha value is -3.02. The number of fused-ring (bicyclic) bond motifs is 2. The summed E-state index contributed by atoms with van der Waals surface area (Å²) in [5.74, 6) is -1.55. The molecule has 0 saturated heterocycles. The van der Waals surface area contributed by atoms with Gasteiger partial charge in [0.25, 0.3) is 0 Å². The number of aliphatic carboxylic acids is 1. The molecule has 1 aliphatic rings. The second-order valence-electron chi connectivity index (χ2n) is 5.80. The average molecular weight is 323 g/mol. The zero-order chi connectivity index (χ0) is 16.7. The van der Waals surface area contributed by atoms with Gasteiger partial charge in [0.05, 0.1) is 16.8 Å². The number of hydrogen-bond donors (Lipinski definition) is 1.